The molecule has 0 fully saturated rings. The Balaban J connectivity index is 1.77. The van der Waals surface area contributed by atoms with Crippen LogP contribution in [0.15, 0.2) is 78.9 Å². The van der Waals surface area contributed by atoms with Crippen LogP contribution in [-0.2, 0) is 14.8 Å². The van der Waals surface area contributed by atoms with Crippen molar-refractivity contribution in [2.75, 3.05) is 22.4 Å². The second kappa shape index (κ2) is 10.3. The van der Waals surface area contributed by atoms with Crippen LogP contribution in [0, 0.1) is 6.92 Å². The number of sulfonamides is 1. The molecule has 0 aliphatic carbocycles. The third-order valence-corrected chi connectivity index (χ3v) is 6.29. The maximum atomic E-state index is 12.9. The Labute approximate surface area is 194 Å². The first-order valence-corrected chi connectivity index (χ1v) is 12.3. The Hall–Kier alpha value is -3.65. The molecule has 1 atom stereocenters. The molecule has 2 amide bonds. The average Bonchev–Trinajstić information content (AvgIpc) is 2.78. The van der Waals surface area contributed by atoms with Gasteiger partial charge in [-0.05, 0) is 43.2 Å². The quantitative estimate of drug-likeness (QED) is 0.528. The Kier molecular flexibility index (Phi) is 7.50. The van der Waals surface area contributed by atoms with Gasteiger partial charge in [-0.2, -0.15) is 0 Å². The monoisotopic (exact) mass is 465 g/mol. The van der Waals surface area contributed by atoms with Gasteiger partial charge in [0.15, 0.2) is 0 Å². The predicted octanol–water partition coefficient (Wildman–Crippen LogP) is 3.89. The molecule has 0 bridgehead atoms. The number of benzene rings is 3. The zero-order valence-corrected chi connectivity index (χ0v) is 19.6. The number of hydrogen-bond donors (Lipinski definition) is 2. The van der Waals surface area contributed by atoms with E-state index in [1.807, 2.05) is 37.3 Å². The van der Waals surface area contributed by atoms with Gasteiger partial charge in [0.1, 0.15) is 6.54 Å². The van der Waals surface area contributed by atoms with E-state index in [2.05, 4.69) is 10.6 Å². The summed E-state index contributed by atoms with van der Waals surface area (Å²) in [6.07, 6.45) is 1.05. The number of nitrogens with one attached hydrogen (secondary N) is 2. The van der Waals surface area contributed by atoms with Gasteiger partial charge in [0.2, 0.25) is 15.9 Å². The van der Waals surface area contributed by atoms with Gasteiger partial charge >= 0.3 is 0 Å². The molecule has 0 heterocycles. The highest BCUT2D eigenvalue weighted by atomic mass is 32.2. The van der Waals surface area contributed by atoms with E-state index in [-0.39, 0.29) is 17.5 Å². The van der Waals surface area contributed by atoms with Crippen LogP contribution in [0.25, 0.3) is 0 Å². The highest BCUT2D eigenvalue weighted by Gasteiger charge is 2.23. The minimum Gasteiger partial charge on any atom is -0.345 e. The standard InChI is InChI=1S/C25H27N3O4S/c1-18-11-7-10-16-23(18)28(33(3,31)32)17-24(29)27-22-15-9-8-14-21(22)25(30)26-19(2)20-12-5-4-6-13-20/h4-16,19H,17H2,1-3H3,(H,26,30)(H,27,29). The molecule has 8 heteroatoms. The van der Waals surface area contributed by atoms with Crippen molar-refractivity contribution in [1.82, 2.24) is 5.32 Å². The summed E-state index contributed by atoms with van der Waals surface area (Å²) in [6, 6.07) is 22.9. The van der Waals surface area contributed by atoms with Gasteiger partial charge < -0.3 is 10.6 Å². The lowest BCUT2D eigenvalue weighted by Gasteiger charge is -2.24. The third-order valence-electron chi connectivity index (χ3n) is 5.16. The topological polar surface area (TPSA) is 95.6 Å². The van der Waals surface area contributed by atoms with Gasteiger partial charge in [0.05, 0.1) is 29.2 Å². The van der Waals surface area contributed by atoms with Gasteiger partial charge in [-0.3, -0.25) is 13.9 Å². The first-order valence-electron chi connectivity index (χ1n) is 10.4. The summed E-state index contributed by atoms with van der Waals surface area (Å²) in [5.41, 5.74) is 2.70. The smallest absolute Gasteiger partial charge is 0.253 e. The lowest BCUT2D eigenvalue weighted by Crippen LogP contribution is -2.38. The molecule has 0 aliphatic rings. The molecule has 0 aromatic heterocycles. The minimum atomic E-state index is -3.71. The van der Waals surface area contributed by atoms with Crippen molar-refractivity contribution in [3.05, 3.63) is 95.6 Å². The summed E-state index contributed by atoms with van der Waals surface area (Å²) in [4.78, 5) is 25.7. The van der Waals surface area contributed by atoms with Crippen LogP contribution in [0.3, 0.4) is 0 Å². The molecule has 3 aromatic carbocycles. The highest BCUT2D eigenvalue weighted by molar-refractivity contribution is 7.92. The average molecular weight is 466 g/mol. The SMILES string of the molecule is Cc1ccccc1N(CC(=O)Nc1ccccc1C(=O)NC(C)c1ccccc1)S(C)(=O)=O. The maximum Gasteiger partial charge on any atom is 0.253 e. The molecule has 0 saturated carbocycles. The zero-order valence-electron chi connectivity index (χ0n) is 18.8. The summed E-state index contributed by atoms with van der Waals surface area (Å²) in [5, 5.41) is 5.62. The minimum absolute atomic E-state index is 0.232. The first-order chi connectivity index (χ1) is 15.7. The van der Waals surface area contributed by atoms with Crippen molar-refractivity contribution in [3.8, 4) is 0 Å². The molecule has 1 unspecified atom stereocenters. The summed E-state index contributed by atoms with van der Waals surface area (Å²) < 4.78 is 25.8. The Morgan fingerprint density at radius 3 is 2.18 bits per heavy atom. The van der Waals surface area contributed by atoms with Crippen LogP contribution in [0.5, 0.6) is 0 Å². The van der Waals surface area contributed by atoms with Gasteiger partial charge in [0, 0.05) is 0 Å². The number of carbonyl (C=O) groups excluding carboxylic acids is 2. The molecule has 0 aliphatic heterocycles. The summed E-state index contributed by atoms with van der Waals surface area (Å²) in [5.74, 6) is -0.902. The van der Waals surface area contributed by atoms with Crippen molar-refractivity contribution < 1.29 is 18.0 Å². The number of hydrogen-bond acceptors (Lipinski definition) is 4. The molecular weight excluding hydrogens is 438 g/mol. The Bertz CT molecular complexity index is 1240. The molecule has 0 saturated heterocycles. The fourth-order valence-electron chi connectivity index (χ4n) is 3.43. The second-order valence-electron chi connectivity index (χ2n) is 7.76. The van der Waals surface area contributed by atoms with Crippen LogP contribution in [-0.4, -0.2) is 33.0 Å². The molecule has 0 radical (unpaired) electrons. The molecule has 7 nitrogen and oxygen atoms in total. The molecule has 172 valence electrons. The van der Waals surface area contributed by atoms with E-state index in [9.17, 15) is 18.0 Å². The summed E-state index contributed by atoms with van der Waals surface area (Å²) in [6.45, 7) is 3.24. The number of anilines is 2. The zero-order chi connectivity index (χ0) is 24.0. The molecule has 2 N–H and O–H groups in total. The van der Waals surface area contributed by atoms with E-state index in [1.54, 1.807) is 55.5 Å². The highest BCUT2D eigenvalue weighted by Crippen LogP contribution is 2.23. The van der Waals surface area contributed by atoms with Gasteiger partial charge in [-0.25, -0.2) is 8.42 Å². The van der Waals surface area contributed by atoms with Crippen molar-refractivity contribution in [2.45, 2.75) is 19.9 Å². The van der Waals surface area contributed by atoms with Crippen molar-refractivity contribution in [1.29, 1.82) is 0 Å². The molecular formula is C25H27N3O4S. The van der Waals surface area contributed by atoms with Crippen molar-refractivity contribution >= 4 is 33.2 Å². The van der Waals surface area contributed by atoms with Crippen LogP contribution >= 0.6 is 0 Å². The van der Waals surface area contributed by atoms with E-state index in [0.717, 1.165) is 21.7 Å². The van der Waals surface area contributed by atoms with Crippen LogP contribution in [0.2, 0.25) is 0 Å². The fraction of sp³-hybridized carbons (Fsp3) is 0.200. The lowest BCUT2D eigenvalue weighted by molar-refractivity contribution is -0.114. The molecule has 33 heavy (non-hydrogen) atoms. The van der Waals surface area contributed by atoms with E-state index in [0.29, 0.717) is 11.4 Å². The van der Waals surface area contributed by atoms with Crippen LogP contribution in [0.1, 0.15) is 34.5 Å². The predicted molar refractivity (Wildman–Crippen MR) is 131 cm³/mol. The Morgan fingerprint density at radius 2 is 1.52 bits per heavy atom. The van der Waals surface area contributed by atoms with E-state index in [4.69, 9.17) is 0 Å². The molecule has 3 rings (SSSR count). The van der Waals surface area contributed by atoms with Gasteiger partial charge in [-0.1, -0.05) is 60.7 Å². The number of aryl methyl sites for hydroxylation is 1. The van der Waals surface area contributed by atoms with Crippen molar-refractivity contribution in [2.24, 2.45) is 0 Å². The van der Waals surface area contributed by atoms with Gasteiger partial charge in [-0.15, -0.1) is 0 Å². The normalized spacial score (nSPS) is 12.0. The van der Waals surface area contributed by atoms with Gasteiger partial charge in [0.25, 0.3) is 5.91 Å². The molecule has 0 spiro atoms. The largest absolute Gasteiger partial charge is 0.345 e. The first kappa shape index (κ1) is 24.0. The number of nitrogens with zero attached hydrogens (tertiary/aromatic N) is 1. The summed E-state index contributed by atoms with van der Waals surface area (Å²) >= 11 is 0. The third kappa shape index (κ3) is 6.20. The molecule has 3 aromatic rings. The number of rotatable bonds is 8. The van der Waals surface area contributed by atoms with E-state index < -0.39 is 22.5 Å². The van der Waals surface area contributed by atoms with E-state index in [1.165, 1.54) is 0 Å². The van der Waals surface area contributed by atoms with E-state index >= 15 is 0 Å². The number of amides is 2. The number of carbonyl (C=O) groups is 2. The van der Waals surface area contributed by atoms with Crippen LogP contribution < -0.4 is 14.9 Å². The van der Waals surface area contributed by atoms with Crippen molar-refractivity contribution in [3.63, 3.8) is 0 Å². The fourth-order valence-corrected chi connectivity index (χ4v) is 4.35. The summed E-state index contributed by atoms with van der Waals surface area (Å²) in [7, 11) is -3.71. The second-order valence-corrected chi connectivity index (χ2v) is 9.66. The maximum absolute atomic E-state index is 12.9. The lowest BCUT2D eigenvalue weighted by atomic mass is 10.1. The Morgan fingerprint density at radius 1 is 0.909 bits per heavy atom. The van der Waals surface area contributed by atoms with Crippen LogP contribution in [0.4, 0.5) is 11.4 Å². The number of para-hydroxylation sites is 2.